The molecule has 20 heavy (non-hydrogen) atoms. The fourth-order valence-electron chi connectivity index (χ4n) is 3.30. The van der Waals surface area contributed by atoms with E-state index in [9.17, 15) is 0 Å². The first-order valence-corrected chi connectivity index (χ1v) is 7.32. The van der Waals surface area contributed by atoms with Crippen molar-refractivity contribution in [2.24, 2.45) is 5.41 Å². The van der Waals surface area contributed by atoms with Crippen LogP contribution in [-0.4, -0.2) is 4.98 Å². The molecular weight excluding hydrogens is 244 g/mol. The average molecular weight is 266 g/mol. The Morgan fingerprint density at radius 1 is 1.15 bits per heavy atom. The van der Waals surface area contributed by atoms with E-state index in [1.165, 1.54) is 16.7 Å². The Bertz CT molecular complexity index is 589. The molecule has 2 aromatic rings. The Kier molecular flexibility index (Phi) is 3.35. The van der Waals surface area contributed by atoms with E-state index < -0.39 is 0 Å². The number of aromatic nitrogens is 1. The second-order valence-electron chi connectivity index (χ2n) is 6.47. The number of pyridine rings is 1. The zero-order chi connectivity index (χ0) is 14.2. The molecule has 2 heteroatoms. The molecule has 1 aliphatic rings. The number of fused-ring (bicyclic) bond motifs is 1. The molecule has 0 saturated heterocycles. The third kappa shape index (κ3) is 2.36. The molecule has 0 spiro atoms. The summed E-state index contributed by atoms with van der Waals surface area (Å²) in [5, 5.41) is 3.81. The van der Waals surface area contributed by atoms with E-state index in [4.69, 9.17) is 0 Å². The molecular formula is C18H22N2. The van der Waals surface area contributed by atoms with E-state index in [1.54, 1.807) is 0 Å². The van der Waals surface area contributed by atoms with Gasteiger partial charge in [0.2, 0.25) is 0 Å². The van der Waals surface area contributed by atoms with Crippen molar-refractivity contribution in [2.75, 3.05) is 0 Å². The SMILES string of the molecule is C[C@H](NC1c2ccccc2CC1(C)C)c1ccncc1. The number of rotatable bonds is 3. The lowest BCUT2D eigenvalue weighted by molar-refractivity contribution is 0.252. The maximum atomic E-state index is 4.10. The maximum absolute atomic E-state index is 4.10. The fraction of sp³-hybridized carbons (Fsp3) is 0.389. The van der Waals surface area contributed by atoms with Crippen LogP contribution < -0.4 is 5.32 Å². The smallest absolute Gasteiger partial charge is 0.0382 e. The van der Waals surface area contributed by atoms with Crippen molar-refractivity contribution in [2.45, 2.75) is 39.3 Å². The predicted octanol–water partition coefficient (Wildman–Crippen LogP) is 4.06. The van der Waals surface area contributed by atoms with Crippen LogP contribution in [0, 0.1) is 5.41 Å². The van der Waals surface area contributed by atoms with Gasteiger partial charge in [0, 0.05) is 24.5 Å². The molecule has 2 nitrogen and oxygen atoms in total. The molecule has 0 aliphatic heterocycles. The van der Waals surface area contributed by atoms with Gasteiger partial charge in [-0.15, -0.1) is 0 Å². The van der Waals surface area contributed by atoms with Crippen molar-refractivity contribution in [3.8, 4) is 0 Å². The van der Waals surface area contributed by atoms with Gasteiger partial charge in [0.05, 0.1) is 0 Å². The molecule has 0 amide bonds. The van der Waals surface area contributed by atoms with Crippen molar-refractivity contribution in [3.63, 3.8) is 0 Å². The third-order valence-corrected chi connectivity index (χ3v) is 4.42. The van der Waals surface area contributed by atoms with Gasteiger partial charge in [-0.2, -0.15) is 0 Å². The van der Waals surface area contributed by atoms with Gasteiger partial charge < -0.3 is 5.32 Å². The van der Waals surface area contributed by atoms with E-state index in [2.05, 4.69) is 67.5 Å². The summed E-state index contributed by atoms with van der Waals surface area (Å²) in [6, 6.07) is 13.7. The normalized spacial score (nSPS) is 21.4. The zero-order valence-corrected chi connectivity index (χ0v) is 12.4. The summed E-state index contributed by atoms with van der Waals surface area (Å²) in [4.78, 5) is 4.10. The molecule has 1 aromatic heterocycles. The van der Waals surface area contributed by atoms with Crippen LogP contribution in [-0.2, 0) is 6.42 Å². The van der Waals surface area contributed by atoms with E-state index in [-0.39, 0.29) is 5.41 Å². The summed E-state index contributed by atoms with van der Waals surface area (Å²) in [6.07, 6.45) is 4.87. The first-order valence-electron chi connectivity index (χ1n) is 7.32. The van der Waals surface area contributed by atoms with Crippen LogP contribution >= 0.6 is 0 Å². The Balaban J connectivity index is 1.86. The number of hydrogen-bond acceptors (Lipinski definition) is 2. The predicted molar refractivity (Wildman–Crippen MR) is 82.5 cm³/mol. The summed E-state index contributed by atoms with van der Waals surface area (Å²) in [5.74, 6) is 0. The van der Waals surface area contributed by atoms with Gasteiger partial charge in [-0.05, 0) is 47.6 Å². The molecule has 0 bridgehead atoms. The van der Waals surface area contributed by atoms with Gasteiger partial charge in [-0.3, -0.25) is 4.98 Å². The lowest BCUT2D eigenvalue weighted by atomic mass is 9.84. The van der Waals surface area contributed by atoms with Gasteiger partial charge in [-0.1, -0.05) is 38.1 Å². The van der Waals surface area contributed by atoms with Crippen molar-refractivity contribution >= 4 is 0 Å². The minimum Gasteiger partial charge on any atom is -0.303 e. The second kappa shape index (κ2) is 5.02. The molecule has 1 unspecified atom stereocenters. The van der Waals surface area contributed by atoms with Crippen molar-refractivity contribution in [1.82, 2.24) is 10.3 Å². The Labute approximate surface area is 121 Å². The largest absolute Gasteiger partial charge is 0.303 e. The molecule has 3 rings (SSSR count). The van der Waals surface area contributed by atoms with Crippen LogP contribution in [0.2, 0.25) is 0 Å². The van der Waals surface area contributed by atoms with Crippen LogP contribution in [0.4, 0.5) is 0 Å². The van der Waals surface area contributed by atoms with Gasteiger partial charge in [0.1, 0.15) is 0 Å². The first-order chi connectivity index (χ1) is 9.58. The highest BCUT2D eigenvalue weighted by molar-refractivity contribution is 5.38. The quantitative estimate of drug-likeness (QED) is 0.906. The lowest BCUT2D eigenvalue weighted by Crippen LogP contribution is -2.33. The third-order valence-electron chi connectivity index (χ3n) is 4.42. The standard InChI is InChI=1S/C18H22N2/c1-13(14-8-10-19-11-9-14)20-17-16-7-5-4-6-15(16)12-18(17,2)3/h4-11,13,17,20H,12H2,1-3H3/t13-,17?/m0/s1. The molecule has 1 aromatic carbocycles. The maximum Gasteiger partial charge on any atom is 0.0382 e. The minimum absolute atomic E-state index is 0.255. The van der Waals surface area contributed by atoms with Crippen LogP contribution in [0.15, 0.2) is 48.8 Å². The van der Waals surface area contributed by atoms with E-state index >= 15 is 0 Å². The van der Waals surface area contributed by atoms with Gasteiger partial charge >= 0.3 is 0 Å². The molecule has 0 saturated carbocycles. The number of hydrogen-bond donors (Lipinski definition) is 1. The molecule has 1 aliphatic carbocycles. The highest BCUT2D eigenvalue weighted by Gasteiger charge is 2.39. The van der Waals surface area contributed by atoms with Crippen molar-refractivity contribution in [1.29, 1.82) is 0 Å². The molecule has 1 heterocycles. The summed E-state index contributed by atoms with van der Waals surface area (Å²) < 4.78 is 0. The summed E-state index contributed by atoms with van der Waals surface area (Å²) in [7, 11) is 0. The van der Waals surface area contributed by atoms with Gasteiger partial charge in [0.15, 0.2) is 0 Å². The van der Waals surface area contributed by atoms with Gasteiger partial charge in [0.25, 0.3) is 0 Å². The van der Waals surface area contributed by atoms with Crippen LogP contribution in [0.5, 0.6) is 0 Å². The summed E-state index contributed by atoms with van der Waals surface area (Å²) in [6.45, 7) is 6.93. The zero-order valence-electron chi connectivity index (χ0n) is 12.4. The van der Waals surface area contributed by atoms with Crippen molar-refractivity contribution in [3.05, 3.63) is 65.5 Å². The molecule has 104 valence electrons. The highest BCUT2D eigenvalue weighted by Crippen LogP contribution is 2.45. The number of nitrogens with zero attached hydrogens (tertiary/aromatic N) is 1. The van der Waals surface area contributed by atoms with Gasteiger partial charge in [-0.25, -0.2) is 0 Å². The monoisotopic (exact) mass is 266 g/mol. The molecule has 1 N–H and O–H groups in total. The molecule has 2 atom stereocenters. The van der Waals surface area contributed by atoms with Crippen LogP contribution in [0.3, 0.4) is 0 Å². The molecule has 0 radical (unpaired) electrons. The second-order valence-corrected chi connectivity index (χ2v) is 6.47. The van der Waals surface area contributed by atoms with E-state index in [0.717, 1.165) is 6.42 Å². The van der Waals surface area contributed by atoms with E-state index in [0.29, 0.717) is 12.1 Å². The highest BCUT2D eigenvalue weighted by atomic mass is 15.0. The number of benzene rings is 1. The Morgan fingerprint density at radius 2 is 1.85 bits per heavy atom. The first kappa shape index (κ1) is 13.3. The minimum atomic E-state index is 0.255. The average Bonchev–Trinajstić information content (AvgIpc) is 2.70. The Hall–Kier alpha value is -1.67. The molecule has 0 fully saturated rings. The summed E-state index contributed by atoms with van der Waals surface area (Å²) >= 11 is 0. The van der Waals surface area contributed by atoms with Crippen molar-refractivity contribution < 1.29 is 0 Å². The van der Waals surface area contributed by atoms with Crippen LogP contribution in [0.1, 0.15) is 49.5 Å². The fourth-order valence-corrected chi connectivity index (χ4v) is 3.30. The van der Waals surface area contributed by atoms with Crippen LogP contribution in [0.25, 0.3) is 0 Å². The topological polar surface area (TPSA) is 24.9 Å². The summed E-state index contributed by atoms with van der Waals surface area (Å²) in [5.41, 5.74) is 4.49. The Morgan fingerprint density at radius 3 is 2.60 bits per heavy atom. The number of nitrogens with one attached hydrogen (secondary N) is 1. The van der Waals surface area contributed by atoms with E-state index in [1.807, 2.05) is 12.4 Å². The lowest BCUT2D eigenvalue weighted by Gasteiger charge is -2.31.